The Kier molecular flexibility index (Phi) is 4.48. The second kappa shape index (κ2) is 6.26. The van der Waals surface area contributed by atoms with Crippen LogP contribution in [0.2, 0.25) is 0 Å². The first-order valence-corrected chi connectivity index (χ1v) is 12.5. The van der Waals surface area contributed by atoms with Crippen molar-refractivity contribution in [3.63, 3.8) is 0 Å². The van der Waals surface area contributed by atoms with E-state index >= 15 is 0 Å². The molecule has 1 heterocycles. The Morgan fingerprint density at radius 1 is 1.14 bits per heavy atom. The van der Waals surface area contributed by atoms with Gasteiger partial charge in [-0.2, -0.15) is 0 Å². The molecule has 0 radical (unpaired) electrons. The largest absolute Gasteiger partial charge is 0.507 e. The Morgan fingerprint density at radius 3 is 2.48 bits per heavy atom. The van der Waals surface area contributed by atoms with Gasteiger partial charge in [-0.15, -0.1) is 0 Å². The van der Waals surface area contributed by atoms with Crippen molar-refractivity contribution in [1.29, 1.82) is 0 Å². The minimum Gasteiger partial charge on any atom is -0.507 e. The highest BCUT2D eigenvalue weighted by Gasteiger charge is 2.61. The number of nitrogens with one attached hydrogen (secondary N) is 1. The number of sulfone groups is 1. The van der Waals surface area contributed by atoms with Crippen molar-refractivity contribution in [2.75, 3.05) is 12.8 Å². The summed E-state index contributed by atoms with van der Waals surface area (Å²) in [6.45, 7) is 13.4. The Bertz CT molecular complexity index is 980. The highest BCUT2D eigenvalue weighted by Crippen LogP contribution is 2.66. The molecule has 160 valence electrons. The zero-order chi connectivity index (χ0) is 21.4. The molecular formula is C24H35NO3S. The van der Waals surface area contributed by atoms with Crippen LogP contribution in [0.5, 0.6) is 5.75 Å². The first-order chi connectivity index (χ1) is 13.4. The standard InChI is InChI=1S/C24H35NO3S/c1-15(25-6)16-12-17-19(13-18(16)26)29(27,28)14-21-23(17,4)11-8-20-22(2,3)9-7-10-24(20,21)5/h12-13,20-21,25-26H,1,7-11,14H2,2-6H3/t20-,21-,23-,24-/m0/s1. The van der Waals surface area contributed by atoms with Crippen LogP contribution in [-0.4, -0.2) is 26.3 Å². The molecule has 0 spiro atoms. The lowest BCUT2D eigenvalue weighted by Gasteiger charge is -2.63. The number of rotatable bonds is 2. The molecule has 2 fully saturated rings. The fourth-order valence-corrected chi connectivity index (χ4v) is 9.59. The van der Waals surface area contributed by atoms with Crippen LogP contribution in [-0.2, 0) is 15.3 Å². The number of phenols is 1. The van der Waals surface area contributed by atoms with Crippen LogP contribution in [0.15, 0.2) is 23.6 Å². The van der Waals surface area contributed by atoms with Crippen molar-refractivity contribution in [3.8, 4) is 5.75 Å². The summed E-state index contributed by atoms with van der Waals surface area (Å²) in [4.78, 5) is 0.318. The van der Waals surface area contributed by atoms with Crippen molar-refractivity contribution in [1.82, 2.24) is 5.32 Å². The molecule has 29 heavy (non-hydrogen) atoms. The van der Waals surface area contributed by atoms with Crippen molar-refractivity contribution < 1.29 is 13.5 Å². The molecule has 0 aromatic heterocycles. The molecule has 4 nitrogen and oxygen atoms in total. The van der Waals surface area contributed by atoms with E-state index in [1.165, 1.54) is 12.5 Å². The fourth-order valence-electron chi connectivity index (χ4n) is 7.30. The lowest BCUT2D eigenvalue weighted by Crippen LogP contribution is -2.59. The minimum absolute atomic E-state index is 0.0115. The SMILES string of the molecule is C=C(NC)c1cc2c(cc1O)S(=O)(=O)C[C@@H]1[C@@]3(C)CCCC(C)(C)[C@@H]3CC[C@@]21C. The molecule has 2 saturated carbocycles. The highest BCUT2D eigenvalue weighted by atomic mass is 32.2. The fraction of sp³-hybridized carbons (Fsp3) is 0.667. The van der Waals surface area contributed by atoms with E-state index in [-0.39, 0.29) is 33.7 Å². The molecule has 4 atom stereocenters. The summed E-state index contributed by atoms with van der Waals surface area (Å²) in [6, 6.07) is 3.36. The second-order valence-corrected chi connectivity index (χ2v) is 12.8. The highest BCUT2D eigenvalue weighted by molar-refractivity contribution is 7.91. The Morgan fingerprint density at radius 2 is 1.83 bits per heavy atom. The van der Waals surface area contributed by atoms with E-state index in [1.54, 1.807) is 7.05 Å². The van der Waals surface area contributed by atoms with E-state index < -0.39 is 9.84 Å². The topological polar surface area (TPSA) is 66.4 Å². The average Bonchev–Trinajstić information content (AvgIpc) is 2.62. The van der Waals surface area contributed by atoms with Gasteiger partial charge in [0.25, 0.3) is 0 Å². The number of aromatic hydroxyl groups is 1. The van der Waals surface area contributed by atoms with Gasteiger partial charge in [-0.05, 0) is 71.5 Å². The zero-order valence-electron chi connectivity index (χ0n) is 18.4. The van der Waals surface area contributed by atoms with E-state index in [2.05, 4.69) is 39.6 Å². The Balaban J connectivity index is 1.93. The van der Waals surface area contributed by atoms with Crippen molar-refractivity contribution in [3.05, 3.63) is 29.8 Å². The number of phenolic OH excluding ortho intramolecular Hbond substituents is 1. The van der Waals surface area contributed by atoms with Crippen LogP contribution in [0.3, 0.4) is 0 Å². The van der Waals surface area contributed by atoms with Gasteiger partial charge >= 0.3 is 0 Å². The molecule has 1 aliphatic heterocycles. The van der Waals surface area contributed by atoms with Gasteiger partial charge in [0.2, 0.25) is 0 Å². The molecular weight excluding hydrogens is 382 g/mol. The third-order valence-corrected chi connectivity index (χ3v) is 10.6. The van der Waals surface area contributed by atoms with Crippen LogP contribution in [0, 0.1) is 22.7 Å². The summed E-state index contributed by atoms with van der Waals surface area (Å²) in [7, 11) is -1.70. The van der Waals surface area contributed by atoms with Crippen molar-refractivity contribution >= 4 is 15.5 Å². The maximum atomic E-state index is 13.4. The molecule has 4 rings (SSSR count). The van der Waals surface area contributed by atoms with Crippen LogP contribution in [0.1, 0.15) is 70.9 Å². The molecule has 1 aromatic rings. The predicted octanol–water partition coefficient (Wildman–Crippen LogP) is 4.87. The summed E-state index contributed by atoms with van der Waals surface area (Å²) in [6.07, 6.45) is 5.59. The van der Waals surface area contributed by atoms with Crippen LogP contribution < -0.4 is 5.32 Å². The second-order valence-electron chi connectivity index (χ2n) is 10.8. The minimum atomic E-state index is -3.46. The lowest BCUT2D eigenvalue weighted by molar-refractivity contribution is -0.0981. The third-order valence-electron chi connectivity index (χ3n) is 8.85. The van der Waals surface area contributed by atoms with E-state index in [1.807, 2.05) is 6.07 Å². The quantitative estimate of drug-likeness (QED) is 0.720. The molecule has 1 aromatic carbocycles. The summed E-state index contributed by atoms with van der Waals surface area (Å²) in [5, 5.41) is 13.5. The molecule has 0 saturated heterocycles. The number of benzene rings is 1. The Hall–Kier alpha value is -1.49. The van der Waals surface area contributed by atoms with Gasteiger partial charge in [0.15, 0.2) is 9.84 Å². The third kappa shape index (κ3) is 2.79. The summed E-state index contributed by atoms with van der Waals surface area (Å²) in [5.74, 6) is 0.798. The smallest absolute Gasteiger partial charge is 0.179 e. The first kappa shape index (κ1) is 20.8. The van der Waals surface area contributed by atoms with Gasteiger partial charge in [0, 0.05) is 18.3 Å². The summed E-state index contributed by atoms with van der Waals surface area (Å²) >= 11 is 0. The molecule has 5 heteroatoms. The van der Waals surface area contributed by atoms with Crippen molar-refractivity contribution in [2.45, 2.75) is 70.1 Å². The monoisotopic (exact) mass is 417 g/mol. The maximum absolute atomic E-state index is 13.4. The van der Waals surface area contributed by atoms with Gasteiger partial charge in [-0.25, -0.2) is 8.42 Å². The van der Waals surface area contributed by atoms with E-state index in [9.17, 15) is 13.5 Å². The van der Waals surface area contributed by atoms with Gasteiger partial charge < -0.3 is 10.4 Å². The lowest BCUT2D eigenvalue weighted by atomic mass is 9.43. The van der Waals surface area contributed by atoms with E-state index in [0.29, 0.717) is 22.1 Å². The number of fused-ring (bicyclic) bond motifs is 5. The van der Waals surface area contributed by atoms with Gasteiger partial charge in [-0.1, -0.05) is 40.7 Å². The molecule has 2 N–H and O–H groups in total. The zero-order valence-corrected chi connectivity index (χ0v) is 19.2. The van der Waals surface area contributed by atoms with Crippen LogP contribution >= 0.6 is 0 Å². The first-order valence-electron chi connectivity index (χ1n) is 10.8. The van der Waals surface area contributed by atoms with E-state index in [0.717, 1.165) is 31.2 Å². The molecule has 3 aliphatic rings. The molecule has 0 bridgehead atoms. The normalized spacial score (nSPS) is 37.0. The van der Waals surface area contributed by atoms with Gasteiger partial charge in [0.05, 0.1) is 10.6 Å². The van der Waals surface area contributed by atoms with Crippen molar-refractivity contribution in [2.24, 2.45) is 22.7 Å². The van der Waals surface area contributed by atoms with Gasteiger partial charge in [-0.3, -0.25) is 0 Å². The van der Waals surface area contributed by atoms with E-state index in [4.69, 9.17) is 0 Å². The summed E-state index contributed by atoms with van der Waals surface area (Å²) in [5.41, 5.74) is 2.12. The number of hydrogen-bond acceptors (Lipinski definition) is 4. The van der Waals surface area contributed by atoms with Crippen LogP contribution in [0.4, 0.5) is 0 Å². The number of hydrogen-bond donors (Lipinski definition) is 2. The van der Waals surface area contributed by atoms with Crippen LogP contribution in [0.25, 0.3) is 5.70 Å². The summed E-state index contributed by atoms with van der Waals surface area (Å²) < 4.78 is 26.8. The average molecular weight is 418 g/mol. The maximum Gasteiger partial charge on any atom is 0.179 e. The Labute approximate surface area is 175 Å². The molecule has 2 aliphatic carbocycles. The van der Waals surface area contributed by atoms with Gasteiger partial charge in [0.1, 0.15) is 5.75 Å². The molecule has 0 amide bonds. The predicted molar refractivity (Wildman–Crippen MR) is 118 cm³/mol. The molecule has 0 unspecified atom stereocenters.